The number of nitrogens with zero attached hydrogens (tertiary/aromatic N) is 1. The molecule has 4 nitrogen and oxygen atoms in total. The molecule has 4 rings (SSSR count). The van der Waals surface area contributed by atoms with Gasteiger partial charge >= 0.3 is 6.18 Å². The second-order valence-corrected chi connectivity index (χ2v) is 6.45. The molecule has 3 aromatic rings. The lowest BCUT2D eigenvalue weighted by molar-refractivity contribution is -0.138. The standard InChI is InChI=1S/C21H9F6NO3/c22-13-6-3-7-16(31-18-14(23)8-10(9-15(18)24)21(25,26)27)17(13)28-19(29)11-4-1-2-5-12(11)20(28)30/h1-9H. The highest BCUT2D eigenvalue weighted by Crippen LogP contribution is 2.41. The summed E-state index contributed by atoms with van der Waals surface area (Å²) in [5.41, 5.74) is -2.36. The number of hydrogen-bond acceptors (Lipinski definition) is 3. The molecule has 0 N–H and O–H groups in total. The average Bonchev–Trinajstić information content (AvgIpc) is 2.95. The minimum atomic E-state index is -5.01. The summed E-state index contributed by atoms with van der Waals surface area (Å²) < 4.78 is 86.3. The van der Waals surface area contributed by atoms with Gasteiger partial charge in [0.2, 0.25) is 0 Å². The highest BCUT2D eigenvalue weighted by atomic mass is 19.4. The fourth-order valence-electron chi connectivity index (χ4n) is 3.12. The number of hydrogen-bond donors (Lipinski definition) is 0. The van der Waals surface area contributed by atoms with Crippen LogP contribution in [0.15, 0.2) is 54.6 Å². The number of carbonyl (C=O) groups excluding carboxylic acids is 2. The maximum absolute atomic E-state index is 14.6. The van der Waals surface area contributed by atoms with E-state index in [2.05, 4.69) is 0 Å². The minimum Gasteiger partial charge on any atom is -0.449 e. The Labute approximate surface area is 170 Å². The lowest BCUT2D eigenvalue weighted by atomic mass is 10.1. The predicted molar refractivity (Wildman–Crippen MR) is 95.4 cm³/mol. The molecule has 1 aliphatic heterocycles. The van der Waals surface area contributed by atoms with Gasteiger partial charge in [-0.15, -0.1) is 0 Å². The largest absolute Gasteiger partial charge is 0.449 e. The smallest absolute Gasteiger partial charge is 0.416 e. The van der Waals surface area contributed by atoms with E-state index in [1.807, 2.05) is 0 Å². The van der Waals surface area contributed by atoms with Crippen LogP contribution in [0.1, 0.15) is 26.3 Å². The summed E-state index contributed by atoms with van der Waals surface area (Å²) in [5.74, 6) is -8.23. The Balaban J connectivity index is 1.80. The molecule has 0 aromatic heterocycles. The Morgan fingerprint density at radius 2 is 1.29 bits per heavy atom. The van der Waals surface area contributed by atoms with Crippen LogP contribution in [-0.4, -0.2) is 11.8 Å². The van der Waals surface area contributed by atoms with Crippen molar-refractivity contribution < 1.29 is 40.7 Å². The van der Waals surface area contributed by atoms with Gasteiger partial charge in [-0.3, -0.25) is 9.59 Å². The van der Waals surface area contributed by atoms with Crippen molar-refractivity contribution in [2.45, 2.75) is 6.18 Å². The van der Waals surface area contributed by atoms with Crippen LogP contribution in [-0.2, 0) is 6.18 Å². The first kappa shape index (κ1) is 20.5. The van der Waals surface area contributed by atoms with Crippen LogP contribution >= 0.6 is 0 Å². The first-order valence-electron chi connectivity index (χ1n) is 8.60. The van der Waals surface area contributed by atoms with Gasteiger partial charge in [-0.25, -0.2) is 18.1 Å². The lowest BCUT2D eigenvalue weighted by Gasteiger charge is -2.19. The second-order valence-electron chi connectivity index (χ2n) is 6.45. The average molecular weight is 437 g/mol. The number of carbonyl (C=O) groups is 2. The normalized spacial score (nSPS) is 13.5. The van der Waals surface area contributed by atoms with Crippen LogP contribution in [0.4, 0.5) is 32.0 Å². The van der Waals surface area contributed by atoms with Crippen LogP contribution in [0.3, 0.4) is 0 Å². The van der Waals surface area contributed by atoms with Crippen LogP contribution in [0.2, 0.25) is 0 Å². The molecule has 0 saturated carbocycles. The molecule has 0 atom stereocenters. The molecule has 0 radical (unpaired) electrons. The lowest BCUT2D eigenvalue weighted by Crippen LogP contribution is -2.30. The summed E-state index contributed by atoms with van der Waals surface area (Å²) in [7, 11) is 0. The van der Waals surface area contributed by atoms with Crippen molar-refractivity contribution in [3.63, 3.8) is 0 Å². The first-order chi connectivity index (χ1) is 14.6. The molecule has 1 heterocycles. The highest BCUT2D eigenvalue weighted by molar-refractivity contribution is 6.34. The SMILES string of the molecule is O=C1c2ccccc2C(=O)N1c1c(F)cccc1Oc1c(F)cc(C(F)(F)F)cc1F. The zero-order chi connectivity index (χ0) is 22.5. The van der Waals surface area contributed by atoms with Crippen molar-refractivity contribution in [1.29, 1.82) is 0 Å². The monoisotopic (exact) mass is 437 g/mol. The van der Waals surface area contributed by atoms with Gasteiger partial charge in [-0.05, 0) is 36.4 Å². The van der Waals surface area contributed by atoms with Crippen molar-refractivity contribution in [1.82, 2.24) is 0 Å². The van der Waals surface area contributed by atoms with Crippen LogP contribution in [0, 0.1) is 17.5 Å². The Bertz CT molecular complexity index is 1180. The molecule has 0 saturated heterocycles. The molecule has 0 fully saturated rings. The molecular formula is C21H9F6NO3. The fourth-order valence-corrected chi connectivity index (χ4v) is 3.12. The molecule has 10 heteroatoms. The molecule has 1 aliphatic rings. The molecule has 2 amide bonds. The second kappa shape index (κ2) is 7.15. The molecule has 0 unspecified atom stereocenters. The van der Waals surface area contributed by atoms with E-state index in [9.17, 15) is 35.9 Å². The van der Waals surface area contributed by atoms with Gasteiger partial charge in [0.05, 0.1) is 16.7 Å². The summed E-state index contributed by atoms with van der Waals surface area (Å²) in [6, 6.07) is 8.64. The number of halogens is 6. The van der Waals surface area contributed by atoms with Gasteiger partial charge in [0.15, 0.2) is 29.0 Å². The topological polar surface area (TPSA) is 46.6 Å². The number of alkyl halides is 3. The van der Waals surface area contributed by atoms with Crippen LogP contribution in [0.25, 0.3) is 0 Å². The van der Waals surface area contributed by atoms with E-state index in [0.717, 1.165) is 18.2 Å². The Morgan fingerprint density at radius 1 is 0.742 bits per heavy atom. The number of para-hydroxylation sites is 1. The van der Waals surface area contributed by atoms with Gasteiger partial charge in [-0.1, -0.05) is 18.2 Å². The van der Waals surface area contributed by atoms with Gasteiger partial charge in [-0.2, -0.15) is 13.2 Å². The zero-order valence-corrected chi connectivity index (χ0v) is 15.1. The molecule has 31 heavy (non-hydrogen) atoms. The highest BCUT2D eigenvalue weighted by Gasteiger charge is 2.40. The molecule has 0 bridgehead atoms. The van der Waals surface area contributed by atoms with E-state index in [1.165, 1.54) is 24.3 Å². The number of rotatable bonds is 3. The molecular weight excluding hydrogens is 428 g/mol. The zero-order valence-electron chi connectivity index (χ0n) is 15.1. The van der Waals surface area contributed by atoms with E-state index in [-0.39, 0.29) is 23.3 Å². The summed E-state index contributed by atoms with van der Waals surface area (Å²) in [4.78, 5) is 25.8. The van der Waals surface area contributed by atoms with Gasteiger partial charge in [0.1, 0.15) is 5.69 Å². The third-order valence-corrected chi connectivity index (χ3v) is 4.51. The van der Waals surface area contributed by atoms with Crippen molar-refractivity contribution in [2.75, 3.05) is 4.90 Å². The van der Waals surface area contributed by atoms with E-state index in [1.54, 1.807) is 0 Å². The third kappa shape index (κ3) is 3.39. The predicted octanol–water partition coefficient (Wildman–Crippen LogP) is 5.72. The molecule has 0 aliphatic carbocycles. The maximum atomic E-state index is 14.6. The summed E-state index contributed by atoms with van der Waals surface area (Å²) in [5, 5.41) is 0. The van der Waals surface area contributed by atoms with Crippen molar-refractivity contribution >= 4 is 17.5 Å². The number of fused-ring (bicyclic) bond motifs is 1. The van der Waals surface area contributed by atoms with Crippen molar-refractivity contribution in [2.24, 2.45) is 0 Å². The Hall–Kier alpha value is -3.82. The maximum Gasteiger partial charge on any atom is 0.416 e. The van der Waals surface area contributed by atoms with E-state index >= 15 is 0 Å². The number of anilines is 1. The van der Waals surface area contributed by atoms with E-state index in [4.69, 9.17) is 4.74 Å². The number of ether oxygens (including phenoxy) is 1. The van der Waals surface area contributed by atoms with Crippen LogP contribution < -0.4 is 9.64 Å². The molecule has 0 spiro atoms. The fraction of sp³-hybridized carbons (Fsp3) is 0.0476. The van der Waals surface area contributed by atoms with Crippen molar-refractivity contribution in [3.05, 3.63) is 88.7 Å². The third-order valence-electron chi connectivity index (χ3n) is 4.51. The summed E-state index contributed by atoms with van der Waals surface area (Å²) in [6.07, 6.45) is -5.01. The first-order valence-corrected chi connectivity index (χ1v) is 8.60. The molecule has 3 aromatic carbocycles. The quantitative estimate of drug-likeness (QED) is 0.389. The number of amides is 2. The summed E-state index contributed by atoms with van der Waals surface area (Å²) >= 11 is 0. The Morgan fingerprint density at radius 3 is 1.81 bits per heavy atom. The Kier molecular flexibility index (Phi) is 4.72. The van der Waals surface area contributed by atoms with E-state index < -0.39 is 58.2 Å². The number of benzene rings is 3. The van der Waals surface area contributed by atoms with Gasteiger partial charge in [0, 0.05) is 0 Å². The van der Waals surface area contributed by atoms with Gasteiger partial charge < -0.3 is 4.74 Å². The van der Waals surface area contributed by atoms with Gasteiger partial charge in [0.25, 0.3) is 11.8 Å². The number of imide groups is 1. The molecule has 158 valence electrons. The van der Waals surface area contributed by atoms with Crippen LogP contribution in [0.5, 0.6) is 11.5 Å². The van der Waals surface area contributed by atoms with Crippen molar-refractivity contribution in [3.8, 4) is 11.5 Å². The van der Waals surface area contributed by atoms with E-state index in [0.29, 0.717) is 4.90 Å². The summed E-state index contributed by atoms with van der Waals surface area (Å²) in [6.45, 7) is 0. The minimum absolute atomic E-state index is 0.0133.